The molecule has 0 saturated carbocycles. The molecule has 1 aromatic carbocycles. The maximum Gasteiger partial charge on any atom is 0.498 e. The molecule has 1 heterocycles. The lowest BCUT2D eigenvalue weighted by molar-refractivity contribution is 0.00578. The summed E-state index contributed by atoms with van der Waals surface area (Å²) in [7, 11) is 0.586. The first-order valence-electron chi connectivity index (χ1n) is 7.06. The van der Waals surface area contributed by atoms with Gasteiger partial charge in [-0.2, -0.15) is 0 Å². The fourth-order valence-electron chi connectivity index (χ4n) is 2.32. The average molecular weight is 309 g/mol. The number of halogens is 1. The van der Waals surface area contributed by atoms with Crippen LogP contribution in [0.3, 0.4) is 0 Å². The van der Waals surface area contributed by atoms with Crippen LogP contribution >= 0.6 is 0 Å². The summed E-state index contributed by atoms with van der Waals surface area (Å²) in [5, 5.41) is 0. The molecule has 1 aliphatic rings. The van der Waals surface area contributed by atoms with Gasteiger partial charge in [0, 0.05) is 12.6 Å². The van der Waals surface area contributed by atoms with Crippen molar-refractivity contribution >= 4 is 18.5 Å². The number of ether oxygens (including phenoxy) is 1. The van der Waals surface area contributed by atoms with Crippen LogP contribution in [0.15, 0.2) is 12.1 Å². The molecule has 2 rings (SSSR count). The van der Waals surface area contributed by atoms with Crippen molar-refractivity contribution in [1.29, 1.82) is 0 Å². The van der Waals surface area contributed by atoms with Crippen LogP contribution in [0.25, 0.3) is 0 Å². The van der Waals surface area contributed by atoms with E-state index < -0.39 is 30.0 Å². The zero-order valence-electron chi connectivity index (χ0n) is 13.5. The Kier molecular flexibility index (Phi) is 4.34. The smallest absolute Gasteiger partial charge is 0.399 e. The van der Waals surface area contributed by atoms with Gasteiger partial charge < -0.3 is 19.8 Å². The fraction of sp³-hybridized carbons (Fsp3) is 0.533. The van der Waals surface area contributed by atoms with Crippen molar-refractivity contribution in [1.82, 2.24) is 0 Å². The summed E-state index contributed by atoms with van der Waals surface area (Å²) in [4.78, 5) is 11.4. The van der Waals surface area contributed by atoms with Crippen molar-refractivity contribution in [2.45, 2.75) is 45.5 Å². The molecule has 0 aromatic heterocycles. The second-order valence-corrected chi connectivity index (χ2v) is 6.39. The summed E-state index contributed by atoms with van der Waals surface area (Å²) in [6.45, 7) is 7.67. The van der Waals surface area contributed by atoms with Gasteiger partial charge in [-0.1, -0.05) is 6.07 Å². The van der Waals surface area contributed by atoms with Crippen molar-refractivity contribution in [3.63, 3.8) is 0 Å². The minimum Gasteiger partial charge on any atom is -0.399 e. The van der Waals surface area contributed by atoms with Crippen molar-refractivity contribution < 1.29 is 23.2 Å². The van der Waals surface area contributed by atoms with Crippen LogP contribution in [0.5, 0.6) is 0 Å². The molecule has 0 bridgehead atoms. The first kappa shape index (κ1) is 16.9. The lowest BCUT2D eigenvalue weighted by atomic mass is 9.74. The number of methoxy groups -OCH3 is 1. The largest absolute Gasteiger partial charge is 0.498 e. The number of hydrogen-bond acceptors (Lipinski definition) is 4. The molecule has 0 atom stereocenters. The molecule has 1 aromatic rings. The van der Waals surface area contributed by atoms with E-state index in [2.05, 4.69) is 0 Å². The van der Waals surface area contributed by atoms with Crippen LogP contribution in [-0.4, -0.2) is 31.3 Å². The minimum absolute atomic E-state index is 0.164. The van der Waals surface area contributed by atoms with E-state index in [1.54, 1.807) is 6.07 Å². The number of amides is 1. The average Bonchev–Trinajstić information content (AvgIpc) is 2.58. The van der Waals surface area contributed by atoms with E-state index in [9.17, 15) is 9.18 Å². The van der Waals surface area contributed by atoms with Crippen LogP contribution in [0.2, 0.25) is 0 Å². The van der Waals surface area contributed by atoms with Gasteiger partial charge in [0.15, 0.2) is 0 Å². The maximum absolute atomic E-state index is 14.7. The van der Waals surface area contributed by atoms with Crippen molar-refractivity contribution in [3.05, 3.63) is 29.1 Å². The molecule has 7 heteroatoms. The standard InChI is InChI=1S/C15H21BFNO4/c1-14(2)15(3,4)22-16(21-14)11-9(8-20-5)6-7-10(12(11)17)13(18)19/h6-7H,8H2,1-5H3,(H2,18,19). The molecule has 5 nitrogen and oxygen atoms in total. The zero-order valence-corrected chi connectivity index (χ0v) is 13.5. The molecule has 22 heavy (non-hydrogen) atoms. The fourth-order valence-corrected chi connectivity index (χ4v) is 2.32. The van der Waals surface area contributed by atoms with Crippen LogP contribution in [0, 0.1) is 5.82 Å². The molecule has 1 fully saturated rings. The second kappa shape index (κ2) is 5.64. The van der Waals surface area contributed by atoms with Gasteiger partial charge in [-0.05, 0) is 39.3 Å². The predicted octanol–water partition coefficient (Wildman–Crippen LogP) is 1.37. The number of hydrogen-bond donors (Lipinski definition) is 1. The molecule has 1 amide bonds. The molecule has 120 valence electrons. The highest BCUT2D eigenvalue weighted by molar-refractivity contribution is 6.62. The van der Waals surface area contributed by atoms with Gasteiger partial charge in [0.1, 0.15) is 5.82 Å². The molecular weight excluding hydrogens is 288 g/mol. The van der Waals surface area contributed by atoms with Crippen molar-refractivity contribution in [2.75, 3.05) is 7.11 Å². The minimum atomic E-state index is -0.922. The highest BCUT2D eigenvalue weighted by Gasteiger charge is 2.53. The molecule has 0 unspecified atom stereocenters. The number of benzene rings is 1. The highest BCUT2D eigenvalue weighted by Crippen LogP contribution is 2.37. The van der Waals surface area contributed by atoms with E-state index in [0.29, 0.717) is 5.56 Å². The van der Waals surface area contributed by atoms with Crippen LogP contribution in [0.1, 0.15) is 43.6 Å². The van der Waals surface area contributed by atoms with E-state index >= 15 is 0 Å². The Balaban J connectivity index is 2.54. The molecule has 0 aliphatic carbocycles. The normalized spacial score (nSPS) is 19.5. The number of carbonyl (C=O) groups excluding carboxylic acids is 1. The Morgan fingerprint density at radius 1 is 1.27 bits per heavy atom. The Morgan fingerprint density at radius 3 is 2.27 bits per heavy atom. The SMILES string of the molecule is COCc1ccc(C(N)=O)c(F)c1B1OC(C)(C)C(C)(C)O1. The van der Waals surface area contributed by atoms with Gasteiger partial charge in [0.25, 0.3) is 5.91 Å². The monoisotopic (exact) mass is 309 g/mol. The predicted molar refractivity (Wildman–Crippen MR) is 81.3 cm³/mol. The molecule has 1 saturated heterocycles. The molecule has 0 spiro atoms. The van der Waals surface area contributed by atoms with Gasteiger partial charge in [0.2, 0.25) is 0 Å². The molecule has 0 radical (unpaired) electrons. The lowest BCUT2D eigenvalue weighted by Gasteiger charge is -2.32. The summed E-state index contributed by atoms with van der Waals surface area (Å²) in [5.74, 6) is -1.56. The number of primary amides is 1. The molecule has 2 N–H and O–H groups in total. The van der Waals surface area contributed by atoms with Gasteiger partial charge in [-0.25, -0.2) is 4.39 Å². The summed E-state index contributed by atoms with van der Waals surface area (Å²) < 4.78 is 31.6. The van der Waals surface area contributed by atoms with Gasteiger partial charge in [0.05, 0.1) is 23.4 Å². The van der Waals surface area contributed by atoms with Crippen molar-refractivity contribution in [2.24, 2.45) is 5.73 Å². The second-order valence-electron chi connectivity index (χ2n) is 6.39. The summed E-state index contributed by atoms with van der Waals surface area (Å²) >= 11 is 0. The van der Waals surface area contributed by atoms with E-state index in [-0.39, 0.29) is 17.6 Å². The van der Waals surface area contributed by atoms with E-state index in [4.69, 9.17) is 19.8 Å². The maximum atomic E-state index is 14.7. The lowest BCUT2D eigenvalue weighted by Crippen LogP contribution is -2.41. The highest BCUT2D eigenvalue weighted by atomic mass is 19.1. The quantitative estimate of drug-likeness (QED) is 0.853. The molecule has 1 aliphatic heterocycles. The third-order valence-electron chi connectivity index (χ3n) is 4.32. The number of carbonyl (C=O) groups is 1. The zero-order chi connectivity index (χ0) is 16.7. The first-order valence-corrected chi connectivity index (χ1v) is 7.06. The Bertz CT molecular complexity index is 587. The summed E-state index contributed by atoms with van der Waals surface area (Å²) in [6.07, 6.45) is 0. The van der Waals surface area contributed by atoms with Gasteiger partial charge in [-0.15, -0.1) is 0 Å². The van der Waals surface area contributed by atoms with E-state index in [0.717, 1.165) is 0 Å². The van der Waals surface area contributed by atoms with Crippen LogP contribution in [-0.2, 0) is 20.7 Å². The van der Waals surface area contributed by atoms with Crippen LogP contribution in [0.4, 0.5) is 4.39 Å². The summed E-state index contributed by atoms with van der Waals surface area (Å²) in [6, 6.07) is 2.95. The van der Waals surface area contributed by atoms with Gasteiger partial charge in [-0.3, -0.25) is 4.79 Å². The number of rotatable bonds is 4. The Hall–Kier alpha value is -1.44. The third kappa shape index (κ3) is 2.76. The summed E-state index contributed by atoms with van der Waals surface area (Å²) in [5.41, 5.74) is 4.53. The topological polar surface area (TPSA) is 70.8 Å². The number of nitrogens with two attached hydrogens (primary N) is 1. The van der Waals surface area contributed by atoms with E-state index in [1.807, 2.05) is 27.7 Å². The molecular formula is C15H21BFNO4. The first-order chi connectivity index (χ1) is 10.1. The van der Waals surface area contributed by atoms with Crippen LogP contribution < -0.4 is 11.2 Å². The van der Waals surface area contributed by atoms with Crippen molar-refractivity contribution in [3.8, 4) is 0 Å². The third-order valence-corrected chi connectivity index (χ3v) is 4.32. The van der Waals surface area contributed by atoms with Gasteiger partial charge >= 0.3 is 7.12 Å². The Morgan fingerprint density at radius 2 is 1.82 bits per heavy atom. The Labute approximate surface area is 130 Å². The van der Waals surface area contributed by atoms with E-state index in [1.165, 1.54) is 13.2 Å².